The van der Waals surface area contributed by atoms with E-state index in [2.05, 4.69) is 51.9 Å². The second-order valence-corrected chi connectivity index (χ2v) is 7.30. The van der Waals surface area contributed by atoms with Gasteiger partial charge in [-0.15, -0.1) is 0 Å². The highest BCUT2D eigenvalue weighted by Crippen LogP contribution is 2.68. The molecule has 0 radical (unpaired) electrons. The number of benzene rings is 1. The zero-order valence-electron chi connectivity index (χ0n) is 13.6. The molecule has 1 saturated carbocycles. The monoisotopic (exact) mass is 284 g/mol. The molecule has 0 spiro atoms. The largest absolute Gasteiger partial charge is 0.299 e. The van der Waals surface area contributed by atoms with Gasteiger partial charge < -0.3 is 0 Å². The first-order valence-electron chi connectivity index (χ1n) is 7.78. The Morgan fingerprint density at radius 2 is 1.81 bits per heavy atom. The van der Waals surface area contributed by atoms with Gasteiger partial charge in [0.2, 0.25) is 0 Å². The van der Waals surface area contributed by atoms with E-state index >= 15 is 0 Å². The third-order valence-corrected chi connectivity index (χ3v) is 5.72. The molecule has 1 aromatic carbocycles. The highest BCUT2D eigenvalue weighted by molar-refractivity contribution is 5.92. The normalized spacial score (nSPS) is 19.9. The molecule has 1 aliphatic rings. The Morgan fingerprint density at radius 1 is 1.19 bits per heavy atom. The smallest absolute Gasteiger partial charge is 0.143 e. The Balaban J connectivity index is 1.91. The molecule has 0 atom stereocenters. The van der Waals surface area contributed by atoms with Crippen LogP contribution in [0.2, 0.25) is 0 Å². The van der Waals surface area contributed by atoms with Crippen molar-refractivity contribution in [3.05, 3.63) is 30.0 Å². The van der Waals surface area contributed by atoms with Gasteiger partial charge in [-0.3, -0.25) is 9.48 Å². The zero-order chi connectivity index (χ0) is 15.4. The van der Waals surface area contributed by atoms with Crippen molar-refractivity contribution >= 4 is 16.7 Å². The Bertz CT molecular complexity index is 695. The standard InChI is InChI=1S/C18H24N2O/c1-6-20-14-10-8-7-9-12(14)13(19-20)11-15(21)16-17(2,3)18(16,4)5/h7-10,16H,6,11H2,1-5H3. The Labute approximate surface area is 126 Å². The highest BCUT2D eigenvalue weighted by Gasteiger charge is 2.67. The van der Waals surface area contributed by atoms with Crippen LogP contribution in [0.3, 0.4) is 0 Å². The van der Waals surface area contributed by atoms with Crippen LogP contribution in [-0.4, -0.2) is 15.6 Å². The van der Waals surface area contributed by atoms with Crippen LogP contribution in [0.5, 0.6) is 0 Å². The fourth-order valence-corrected chi connectivity index (χ4v) is 3.84. The lowest BCUT2D eigenvalue weighted by atomic mass is 10.0. The Morgan fingerprint density at radius 3 is 2.38 bits per heavy atom. The van der Waals surface area contributed by atoms with Gasteiger partial charge in [0.05, 0.1) is 17.6 Å². The van der Waals surface area contributed by atoms with Crippen LogP contribution in [0.1, 0.15) is 40.3 Å². The molecular weight excluding hydrogens is 260 g/mol. The number of rotatable bonds is 4. The summed E-state index contributed by atoms with van der Waals surface area (Å²) in [5, 5.41) is 5.76. The first kappa shape index (κ1) is 14.3. The number of nitrogens with zero attached hydrogens (tertiary/aromatic N) is 2. The van der Waals surface area contributed by atoms with Gasteiger partial charge in [-0.2, -0.15) is 5.10 Å². The maximum absolute atomic E-state index is 12.7. The van der Waals surface area contributed by atoms with Crippen LogP contribution in [0.4, 0.5) is 0 Å². The molecule has 1 heterocycles. The van der Waals surface area contributed by atoms with Crippen molar-refractivity contribution in [3.63, 3.8) is 0 Å². The number of Topliss-reactive ketones (excluding diaryl/α,β-unsaturated/α-hetero) is 1. The highest BCUT2D eigenvalue weighted by atomic mass is 16.1. The van der Waals surface area contributed by atoms with Crippen LogP contribution in [0.15, 0.2) is 24.3 Å². The van der Waals surface area contributed by atoms with Crippen LogP contribution in [0.25, 0.3) is 10.9 Å². The number of aromatic nitrogens is 2. The predicted molar refractivity (Wildman–Crippen MR) is 85.2 cm³/mol. The van der Waals surface area contributed by atoms with Gasteiger partial charge in [-0.25, -0.2) is 0 Å². The first-order chi connectivity index (χ1) is 9.80. The topological polar surface area (TPSA) is 34.9 Å². The molecule has 0 aliphatic heterocycles. The molecule has 0 amide bonds. The molecule has 1 aliphatic carbocycles. The summed E-state index contributed by atoms with van der Waals surface area (Å²) in [7, 11) is 0. The van der Waals surface area contributed by atoms with Gasteiger partial charge in [0.15, 0.2) is 0 Å². The maximum Gasteiger partial charge on any atom is 0.143 e. The van der Waals surface area contributed by atoms with Gasteiger partial charge in [0.1, 0.15) is 5.78 Å². The molecule has 21 heavy (non-hydrogen) atoms. The molecule has 2 aromatic rings. The van der Waals surface area contributed by atoms with E-state index in [0.29, 0.717) is 12.2 Å². The van der Waals surface area contributed by atoms with Crippen molar-refractivity contribution in [1.82, 2.24) is 9.78 Å². The molecule has 0 unspecified atom stereocenters. The molecule has 0 N–H and O–H groups in total. The summed E-state index contributed by atoms with van der Waals surface area (Å²) in [6, 6.07) is 8.18. The molecular formula is C18H24N2O. The fourth-order valence-electron chi connectivity index (χ4n) is 3.84. The van der Waals surface area contributed by atoms with E-state index in [0.717, 1.165) is 23.1 Å². The third kappa shape index (κ3) is 1.94. The lowest BCUT2D eigenvalue weighted by molar-refractivity contribution is -0.120. The van der Waals surface area contributed by atoms with Crippen LogP contribution < -0.4 is 0 Å². The molecule has 3 heteroatoms. The fraction of sp³-hybridized carbons (Fsp3) is 0.556. The quantitative estimate of drug-likeness (QED) is 0.854. The maximum atomic E-state index is 12.7. The minimum Gasteiger partial charge on any atom is -0.299 e. The average molecular weight is 284 g/mol. The van der Waals surface area contributed by atoms with Gasteiger partial charge in [0, 0.05) is 17.8 Å². The van der Waals surface area contributed by atoms with Crippen molar-refractivity contribution in [2.75, 3.05) is 0 Å². The number of fused-ring (bicyclic) bond motifs is 1. The minimum absolute atomic E-state index is 0.104. The van der Waals surface area contributed by atoms with Crippen molar-refractivity contribution in [1.29, 1.82) is 0 Å². The zero-order valence-corrected chi connectivity index (χ0v) is 13.6. The lowest BCUT2D eigenvalue weighted by Gasteiger charge is -2.03. The van der Waals surface area contributed by atoms with E-state index in [1.165, 1.54) is 0 Å². The number of aryl methyl sites for hydroxylation is 1. The summed E-state index contributed by atoms with van der Waals surface area (Å²) >= 11 is 0. The summed E-state index contributed by atoms with van der Waals surface area (Å²) in [4.78, 5) is 12.7. The van der Waals surface area contributed by atoms with E-state index in [9.17, 15) is 4.79 Å². The Hall–Kier alpha value is -1.64. The van der Waals surface area contributed by atoms with Crippen molar-refractivity contribution in [2.45, 2.75) is 47.6 Å². The molecule has 1 aromatic heterocycles. The van der Waals surface area contributed by atoms with Crippen LogP contribution in [0, 0.1) is 16.7 Å². The molecule has 0 saturated heterocycles. The lowest BCUT2D eigenvalue weighted by Crippen LogP contribution is -2.11. The average Bonchev–Trinajstić information content (AvgIpc) is 2.70. The minimum atomic E-state index is 0.104. The van der Waals surface area contributed by atoms with E-state index in [-0.39, 0.29) is 16.7 Å². The number of carbonyl (C=O) groups excluding carboxylic acids is 1. The molecule has 3 nitrogen and oxygen atoms in total. The Kier molecular flexibility index (Phi) is 3.01. The summed E-state index contributed by atoms with van der Waals surface area (Å²) < 4.78 is 1.99. The number of para-hydroxylation sites is 1. The van der Waals surface area contributed by atoms with Gasteiger partial charge in [0.25, 0.3) is 0 Å². The second kappa shape index (κ2) is 4.43. The van der Waals surface area contributed by atoms with E-state index in [4.69, 9.17) is 0 Å². The number of ketones is 1. The van der Waals surface area contributed by atoms with E-state index in [1.807, 2.05) is 16.8 Å². The van der Waals surface area contributed by atoms with E-state index < -0.39 is 0 Å². The number of hydrogen-bond donors (Lipinski definition) is 0. The van der Waals surface area contributed by atoms with Crippen molar-refractivity contribution in [2.24, 2.45) is 16.7 Å². The predicted octanol–water partition coefficient (Wildman–Crippen LogP) is 3.85. The molecule has 112 valence electrons. The van der Waals surface area contributed by atoms with Crippen molar-refractivity contribution < 1.29 is 4.79 Å². The third-order valence-electron chi connectivity index (χ3n) is 5.72. The number of carbonyl (C=O) groups is 1. The summed E-state index contributed by atoms with van der Waals surface area (Å²) in [6.45, 7) is 11.7. The SMILES string of the molecule is CCn1nc(CC(=O)C2C(C)(C)C2(C)C)c2ccccc21. The first-order valence-corrected chi connectivity index (χ1v) is 7.78. The van der Waals surface area contributed by atoms with Gasteiger partial charge >= 0.3 is 0 Å². The molecule has 1 fully saturated rings. The van der Waals surface area contributed by atoms with Gasteiger partial charge in [-0.1, -0.05) is 45.9 Å². The number of hydrogen-bond acceptors (Lipinski definition) is 2. The molecule has 0 bridgehead atoms. The van der Waals surface area contributed by atoms with Crippen LogP contribution in [-0.2, 0) is 17.8 Å². The van der Waals surface area contributed by atoms with Crippen molar-refractivity contribution in [3.8, 4) is 0 Å². The van der Waals surface area contributed by atoms with Gasteiger partial charge in [-0.05, 0) is 23.8 Å². The summed E-state index contributed by atoms with van der Waals surface area (Å²) in [6.07, 6.45) is 0.449. The summed E-state index contributed by atoms with van der Waals surface area (Å²) in [5.41, 5.74) is 2.26. The molecule has 3 rings (SSSR count). The summed E-state index contributed by atoms with van der Waals surface area (Å²) in [5.74, 6) is 0.479. The van der Waals surface area contributed by atoms with E-state index in [1.54, 1.807) is 0 Å². The second-order valence-electron chi connectivity index (χ2n) is 7.30. The van der Waals surface area contributed by atoms with Crippen LogP contribution >= 0.6 is 0 Å².